The van der Waals surface area contributed by atoms with E-state index >= 15 is 0 Å². The number of hydrogen-bond acceptors (Lipinski definition) is 11. The van der Waals surface area contributed by atoms with Crippen molar-refractivity contribution in [3.8, 4) is 17.5 Å². The summed E-state index contributed by atoms with van der Waals surface area (Å²) in [5.74, 6) is 2.55. The van der Waals surface area contributed by atoms with Crippen molar-refractivity contribution in [2.24, 2.45) is 0 Å². The van der Waals surface area contributed by atoms with Crippen molar-refractivity contribution in [1.82, 2.24) is 24.9 Å². The van der Waals surface area contributed by atoms with Crippen molar-refractivity contribution in [3.05, 3.63) is 33.3 Å². The highest BCUT2D eigenvalue weighted by Gasteiger charge is 2.50. The lowest BCUT2D eigenvalue weighted by atomic mass is 9.62. The number of piperazine rings is 1. The van der Waals surface area contributed by atoms with Gasteiger partial charge in [0, 0.05) is 66.2 Å². The molecule has 3 aromatic rings. The van der Waals surface area contributed by atoms with E-state index in [1.165, 1.54) is 17.7 Å². The maximum absolute atomic E-state index is 10.1. The van der Waals surface area contributed by atoms with Crippen molar-refractivity contribution in [3.63, 3.8) is 0 Å². The zero-order valence-electron chi connectivity index (χ0n) is 26.2. The molecule has 0 bridgehead atoms. The largest absolute Gasteiger partial charge is 0.389 e. The highest BCUT2D eigenvalue weighted by molar-refractivity contribution is 7.16. The first-order chi connectivity index (χ1) is 21.3. The molecule has 3 aliphatic carbocycles. The lowest BCUT2D eigenvalue weighted by Gasteiger charge is -2.41. The van der Waals surface area contributed by atoms with Crippen LogP contribution < -0.4 is 15.5 Å². The van der Waals surface area contributed by atoms with Crippen LogP contribution in [0.3, 0.4) is 0 Å². The van der Waals surface area contributed by atoms with E-state index in [0.29, 0.717) is 16.6 Å². The van der Waals surface area contributed by atoms with Gasteiger partial charge in [0.1, 0.15) is 22.6 Å². The quantitative estimate of drug-likeness (QED) is 0.455. The van der Waals surface area contributed by atoms with Crippen molar-refractivity contribution in [2.45, 2.75) is 81.7 Å². The molecule has 8 rings (SSSR count). The van der Waals surface area contributed by atoms with E-state index in [9.17, 15) is 5.26 Å². The monoisotopic (exact) mass is 613 g/mol. The molecule has 11 heteroatoms. The average Bonchev–Trinajstić information content (AvgIpc) is 3.56. The summed E-state index contributed by atoms with van der Waals surface area (Å²) in [5.41, 5.74) is 11.1. The van der Waals surface area contributed by atoms with Gasteiger partial charge in [0.25, 0.3) is 0 Å². The Hall–Kier alpha value is -3.20. The second kappa shape index (κ2) is 10.4. The predicted octanol–water partition coefficient (Wildman–Crippen LogP) is 4.42. The molecule has 0 aromatic carbocycles. The molecule has 2 saturated heterocycles. The molecule has 0 unspecified atom stereocenters. The van der Waals surface area contributed by atoms with E-state index in [2.05, 4.69) is 52.8 Å². The van der Waals surface area contributed by atoms with Crippen molar-refractivity contribution >= 4 is 28.1 Å². The third kappa shape index (κ3) is 4.36. The molecular formula is C33H43N9OS. The Bertz CT molecular complexity index is 1630. The molecule has 2 atom stereocenters. The number of nitrogen functional groups attached to an aromatic ring is 1. The molecule has 3 fully saturated rings. The first-order valence-corrected chi connectivity index (χ1v) is 17.3. The van der Waals surface area contributed by atoms with Gasteiger partial charge in [-0.05, 0) is 90.9 Å². The number of aromatic nitrogens is 3. The van der Waals surface area contributed by atoms with Gasteiger partial charge in [-0.15, -0.1) is 11.3 Å². The zero-order valence-corrected chi connectivity index (χ0v) is 27.0. The Kier molecular flexibility index (Phi) is 6.70. The van der Waals surface area contributed by atoms with Crippen LogP contribution >= 0.6 is 11.3 Å². The number of nitrogens with zero attached hydrogens (tertiary/aromatic N) is 8. The topological polar surface area (TPSA) is 115 Å². The molecule has 2 N–H and O–H groups in total. The molecule has 1 saturated carbocycles. The minimum atomic E-state index is -0.319. The molecule has 0 amide bonds. The van der Waals surface area contributed by atoms with Gasteiger partial charge in [-0.2, -0.15) is 10.2 Å². The van der Waals surface area contributed by atoms with E-state index in [4.69, 9.17) is 25.4 Å². The van der Waals surface area contributed by atoms with E-state index in [-0.39, 0.29) is 11.0 Å². The molecule has 10 nitrogen and oxygen atoms in total. The van der Waals surface area contributed by atoms with Crippen LogP contribution in [0.5, 0.6) is 0 Å². The Balaban J connectivity index is 1.24. The van der Waals surface area contributed by atoms with E-state index in [0.717, 1.165) is 124 Å². The number of rotatable bonds is 3. The molecule has 0 radical (unpaired) electrons. The third-order valence-corrected chi connectivity index (χ3v) is 12.3. The molecule has 2 aliphatic heterocycles. The number of fused-ring (bicyclic) bond motifs is 4. The van der Waals surface area contributed by atoms with Crippen LogP contribution in [-0.4, -0.2) is 89.9 Å². The third-order valence-electron chi connectivity index (χ3n) is 11.3. The Labute approximate surface area is 263 Å². The minimum Gasteiger partial charge on any atom is -0.389 e. The van der Waals surface area contributed by atoms with Crippen LogP contribution in [0.2, 0.25) is 0 Å². The van der Waals surface area contributed by atoms with Gasteiger partial charge < -0.3 is 25.0 Å². The average molecular weight is 614 g/mol. The fourth-order valence-electron chi connectivity index (χ4n) is 8.70. The highest BCUT2D eigenvalue weighted by atomic mass is 32.1. The normalized spacial score (nSPS) is 26.8. The van der Waals surface area contributed by atoms with Crippen molar-refractivity contribution < 1.29 is 4.52 Å². The summed E-state index contributed by atoms with van der Waals surface area (Å²) in [4.78, 5) is 21.6. The van der Waals surface area contributed by atoms with Gasteiger partial charge in [-0.25, -0.2) is 4.98 Å². The maximum Gasteiger partial charge on any atom is 0.228 e. The Morgan fingerprint density at radius 3 is 2.66 bits per heavy atom. The summed E-state index contributed by atoms with van der Waals surface area (Å²) < 4.78 is 6.35. The number of nitrogens with two attached hydrogens (primary N) is 1. The first kappa shape index (κ1) is 28.3. The Morgan fingerprint density at radius 2 is 1.86 bits per heavy atom. The molecule has 2 spiro atoms. The molecule has 5 heterocycles. The van der Waals surface area contributed by atoms with Crippen LogP contribution in [0, 0.1) is 11.3 Å². The van der Waals surface area contributed by atoms with Gasteiger partial charge in [0.2, 0.25) is 5.95 Å². The minimum absolute atomic E-state index is 0.277. The van der Waals surface area contributed by atoms with E-state index in [1.54, 1.807) is 11.3 Å². The summed E-state index contributed by atoms with van der Waals surface area (Å²) in [6.45, 7) is 8.25. The molecule has 232 valence electrons. The van der Waals surface area contributed by atoms with Gasteiger partial charge in [-0.3, -0.25) is 4.90 Å². The van der Waals surface area contributed by atoms with Gasteiger partial charge in [-0.1, -0.05) is 5.16 Å². The van der Waals surface area contributed by atoms with Crippen molar-refractivity contribution in [1.29, 1.82) is 5.26 Å². The van der Waals surface area contributed by atoms with Gasteiger partial charge >= 0.3 is 0 Å². The summed E-state index contributed by atoms with van der Waals surface area (Å²) in [7, 11) is 4.47. The highest BCUT2D eigenvalue weighted by Crippen LogP contribution is 2.55. The van der Waals surface area contributed by atoms with Crippen LogP contribution in [-0.2, 0) is 18.3 Å². The maximum atomic E-state index is 10.1. The Morgan fingerprint density at radius 1 is 1.05 bits per heavy atom. The van der Waals surface area contributed by atoms with Crippen molar-refractivity contribution in [2.75, 3.05) is 68.9 Å². The number of nitriles is 1. The molecule has 5 aliphatic rings. The van der Waals surface area contributed by atoms with Gasteiger partial charge in [0.05, 0.1) is 11.3 Å². The summed E-state index contributed by atoms with van der Waals surface area (Å²) >= 11 is 1.59. The number of hydrogen-bond donors (Lipinski definition) is 1. The van der Waals surface area contributed by atoms with Crippen LogP contribution in [0.15, 0.2) is 10.6 Å². The number of thiophene rings is 1. The second-order valence-electron chi connectivity index (χ2n) is 14.0. The zero-order chi connectivity index (χ0) is 30.2. The number of aryl methyl sites for hydroxylation is 1. The van der Waals surface area contributed by atoms with E-state index in [1.807, 2.05) is 0 Å². The number of likely N-dealkylation sites (N-methyl/N-ethyl adjacent to an activating group) is 2. The number of anilines is 3. The summed E-state index contributed by atoms with van der Waals surface area (Å²) in [6, 6.07) is 4.90. The predicted molar refractivity (Wildman–Crippen MR) is 173 cm³/mol. The standard InChI is InChI=1S/C33H43N9OS/c1-21-19-39(2)13-6-14-42(21)31-36-24(17-26(37-31)41-16-15-40(3)32(20-41)11-12-32)28-22-7-4-9-33(29(22)38-43-28)10-5-8-25-27(33)23(18-34)30(35)44-25/h17,21H,4-16,19-20,35H2,1-3H3/t21-,33-/m0/s1. The summed E-state index contributed by atoms with van der Waals surface area (Å²) in [5, 5.41) is 15.6. The lowest BCUT2D eigenvalue weighted by Crippen LogP contribution is -2.53. The smallest absolute Gasteiger partial charge is 0.228 e. The second-order valence-corrected chi connectivity index (χ2v) is 15.2. The van der Waals surface area contributed by atoms with Crippen LogP contribution in [0.4, 0.5) is 16.8 Å². The fourth-order valence-corrected chi connectivity index (χ4v) is 9.86. The van der Waals surface area contributed by atoms with Gasteiger partial charge in [0.15, 0.2) is 5.76 Å². The first-order valence-electron chi connectivity index (χ1n) is 16.4. The fraction of sp³-hybridized carbons (Fsp3) is 0.636. The van der Waals surface area contributed by atoms with Crippen LogP contribution in [0.1, 0.15) is 79.1 Å². The molecular weight excluding hydrogens is 570 g/mol. The lowest BCUT2D eigenvalue weighted by molar-refractivity contribution is 0.198. The SMILES string of the molecule is C[C@H]1CN(C)CCCN1c1nc(-c2onc3c2CCC[C@@]32CCCc3sc(N)c(C#N)c32)cc(N2CCN(C)C3(CC3)C2)n1. The molecule has 3 aromatic heterocycles. The summed E-state index contributed by atoms with van der Waals surface area (Å²) in [6.07, 6.45) is 9.45. The molecule has 44 heavy (non-hydrogen) atoms. The van der Waals surface area contributed by atoms with Crippen LogP contribution in [0.25, 0.3) is 11.5 Å². The van der Waals surface area contributed by atoms with E-state index < -0.39 is 0 Å².